The molecule has 2 N–H and O–H groups in total. The van der Waals surface area contributed by atoms with E-state index in [2.05, 4.69) is 37.3 Å². The number of hydrogen-bond donors (Lipinski definition) is 2. The third kappa shape index (κ3) is 3.29. The number of guanidine groups is 1. The summed E-state index contributed by atoms with van der Waals surface area (Å²) in [6, 6.07) is 0.614. The van der Waals surface area contributed by atoms with Crippen LogP contribution in [0.1, 0.15) is 50.7 Å². The number of aromatic nitrogens is 3. The van der Waals surface area contributed by atoms with E-state index in [1.165, 1.54) is 32.1 Å². The van der Waals surface area contributed by atoms with Gasteiger partial charge in [0.2, 0.25) is 0 Å². The van der Waals surface area contributed by atoms with Crippen molar-refractivity contribution in [2.75, 3.05) is 6.54 Å². The van der Waals surface area contributed by atoms with Gasteiger partial charge in [0.1, 0.15) is 12.4 Å². The zero-order valence-electron chi connectivity index (χ0n) is 12.2. The third-order valence-corrected chi connectivity index (χ3v) is 3.83. The molecule has 1 aliphatic heterocycles. The molecule has 2 heterocycles. The molecule has 1 fully saturated rings. The van der Waals surface area contributed by atoms with Crippen LogP contribution < -0.4 is 10.6 Å². The average Bonchev–Trinajstić information content (AvgIpc) is 3.22. The Morgan fingerprint density at radius 2 is 2.20 bits per heavy atom. The normalized spacial score (nSPS) is 19.4. The van der Waals surface area contributed by atoms with Crippen molar-refractivity contribution in [1.82, 2.24) is 25.4 Å². The van der Waals surface area contributed by atoms with Crippen molar-refractivity contribution in [3.63, 3.8) is 0 Å². The van der Waals surface area contributed by atoms with Crippen LogP contribution in [0.3, 0.4) is 0 Å². The van der Waals surface area contributed by atoms with Gasteiger partial charge in [-0.25, -0.2) is 4.99 Å². The van der Waals surface area contributed by atoms with Gasteiger partial charge in [0, 0.05) is 25.6 Å². The van der Waals surface area contributed by atoms with Gasteiger partial charge in [0.25, 0.3) is 0 Å². The Labute approximate surface area is 120 Å². The molecule has 1 aromatic rings. The van der Waals surface area contributed by atoms with Gasteiger partial charge >= 0.3 is 0 Å². The maximum Gasteiger partial charge on any atom is 0.191 e. The summed E-state index contributed by atoms with van der Waals surface area (Å²) in [5, 5.41) is 15.4. The monoisotopic (exact) mass is 276 g/mol. The highest BCUT2D eigenvalue weighted by molar-refractivity contribution is 5.80. The summed E-state index contributed by atoms with van der Waals surface area (Å²) in [7, 11) is 0. The molecule has 1 saturated carbocycles. The lowest BCUT2D eigenvalue weighted by Gasteiger charge is -2.10. The molecular formula is C14H24N6. The first-order chi connectivity index (χ1) is 9.86. The molecule has 3 rings (SSSR count). The summed E-state index contributed by atoms with van der Waals surface area (Å²) in [6.07, 6.45) is 7.31. The van der Waals surface area contributed by atoms with Gasteiger partial charge < -0.3 is 15.2 Å². The molecule has 6 heteroatoms. The van der Waals surface area contributed by atoms with Gasteiger partial charge in [0.15, 0.2) is 11.8 Å². The first kappa shape index (κ1) is 13.4. The van der Waals surface area contributed by atoms with Crippen LogP contribution in [0.25, 0.3) is 0 Å². The molecule has 0 atom stereocenters. The lowest BCUT2D eigenvalue weighted by molar-refractivity contribution is 0.605. The van der Waals surface area contributed by atoms with Crippen molar-refractivity contribution in [1.29, 1.82) is 0 Å². The number of aliphatic imine (C=N–C) groups is 1. The van der Waals surface area contributed by atoms with Crippen LogP contribution in [-0.2, 0) is 19.5 Å². The highest BCUT2D eigenvalue weighted by Crippen LogP contribution is 2.18. The minimum absolute atomic E-state index is 0.606. The summed E-state index contributed by atoms with van der Waals surface area (Å²) in [5.41, 5.74) is 0. The Morgan fingerprint density at radius 1 is 1.30 bits per heavy atom. The highest BCUT2D eigenvalue weighted by atomic mass is 15.3. The number of rotatable bonds is 4. The Balaban J connectivity index is 1.67. The first-order valence-corrected chi connectivity index (χ1v) is 7.82. The van der Waals surface area contributed by atoms with E-state index >= 15 is 0 Å². The van der Waals surface area contributed by atoms with E-state index in [1.54, 1.807) is 0 Å². The molecule has 0 spiro atoms. The smallest absolute Gasteiger partial charge is 0.191 e. The van der Waals surface area contributed by atoms with Crippen molar-refractivity contribution in [2.24, 2.45) is 4.99 Å². The number of nitrogens with one attached hydrogen (secondary N) is 2. The summed E-state index contributed by atoms with van der Waals surface area (Å²) >= 11 is 0. The van der Waals surface area contributed by atoms with Gasteiger partial charge in [-0.05, 0) is 32.6 Å². The van der Waals surface area contributed by atoms with Crippen LogP contribution in [0.15, 0.2) is 4.99 Å². The highest BCUT2D eigenvalue weighted by Gasteiger charge is 2.22. The third-order valence-electron chi connectivity index (χ3n) is 3.83. The van der Waals surface area contributed by atoms with Crippen LogP contribution >= 0.6 is 0 Å². The predicted molar refractivity (Wildman–Crippen MR) is 78.6 cm³/mol. The molecule has 0 amide bonds. The second kappa shape index (κ2) is 6.24. The van der Waals surface area contributed by atoms with Crippen LogP contribution in [-0.4, -0.2) is 33.3 Å². The molecule has 0 radical (unpaired) electrons. The summed E-state index contributed by atoms with van der Waals surface area (Å²) < 4.78 is 2.26. The largest absolute Gasteiger partial charge is 0.357 e. The Bertz CT molecular complexity index is 474. The van der Waals surface area contributed by atoms with E-state index in [0.717, 1.165) is 37.1 Å². The molecule has 0 bridgehead atoms. The fourth-order valence-corrected chi connectivity index (χ4v) is 2.55. The fraction of sp³-hybridized carbons (Fsp3) is 0.786. The van der Waals surface area contributed by atoms with Crippen LogP contribution in [0.5, 0.6) is 0 Å². The van der Waals surface area contributed by atoms with E-state index < -0.39 is 0 Å². The molecule has 110 valence electrons. The quantitative estimate of drug-likeness (QED) is 0.641. The van der Waals surface area contributed by atoms with E-state index in [9.17, 15) is 0 Å². The molecule has 2 aliphatic rings. The van der Waals surface area contributed by atoms with E-state index in [1.807, 2.05) is 0 Å². The molecule has 6 nitrogen and oxygen atoms in total. The standard InChI is InChI=1S/C14H24N6/c1-2-15-14(17-11-7-8-11)16-10-13-19-18-12-6-4-3-5-9-20(12)13/h11H,2-10H2,1H3,(H2,15,16,17). The minimum Gasteiger partial charge on any atom is -0.357 e. The van der Waals surface area contributed by atoms with Gasteiger partial charge in [-0.2, -0.15) is 0 Å². The second-order valence-corrected chi connectivity index (χ2v) is 5.61. The molecule has 1 aliphatic carbocycles. The number of nitrogens with zero attached hydrogens (tertiary/aromatic N) is 4. The maximum atomic E-state index is 4.65. The van der Waals surface area contributed by atoms with Crippen LogP contribution in [0, 0.1) is 0 Å². The lowest BCUT2D eigenvalue weighted by Crippen LogP contribution is -2.38. The Kier molecular flexibility index (Phi) is 4.18. The summed E-state index contributed by atoms with van der Waals surface area (Å²) in [4.78, 5) is 4.65. The van der Waals surface area contributed by atoms with Gasteiger partial charge in [-0.3, -0.25) is 0 Å². The second-order valence-electron chi connectivity index (χ2n) is 5.61. The number of fused-ring (bicyclic) bond motifs is 1. The van der Waals surface area contributed by atoms with E-state index in [0.29, 0.717) is 12.6 Å². The van der Waals surface area contributed by atoms with Crippen molar-refractivity contribution < 1.29 is 0 Å². The topological polar surface area (TPSA) is 67.1 Å². The van der Waals surface area contributed by atoms with Crippen molar-refractivity contribution in [3.05, 3.63) is 11.6 Å². The fourth-order valence-electron chi connectivity index (χ4n) is 2.55. The zero-order valence-corrected chi connectivity index (χ0v) is 12.2. The Hall–Kier alpha value is -1.59. The van der Waals surface area contributed by atoms with Crippen molar-refractivity contribution in [3.8, 4) is 0 Å². The van der Waals surface area contributed by atoms with Gasteiger partial charge in [-0.15, -0.1) is 10.2 Å². The van der Waals surface area contributed by atoms with Crippen molar-refractivity contribution in [2.45, 2.75) is 64.6 Å². The van der Waals surface area contributed by atoms with Gasteiger partial charge in [-0.1, -0.05) is 6.42 Å². The predicted octanol–water partition coefficient (Wildman–Crippen LogP) is 1.22. The molecule has 0 unspecified atom stereocenters. The first-order valence-electron chi connectivity index (χ1n) is 7.82. The minimum atomic E-state index is 0.606. The van der Waals surface area contributed by atoms with Crippen LogP contribution in [0.4, 0.5) is 0 Å². The molecule has 20 heavy (non-hydrogen) atoms. The Morgan fingerprint density at radius 3 is 3.00 bits per heavy atom. The summed E-state index contributed by atoms with van der Waals surface area (Å²) in [5.74, 6) is 3.03. The molecule has 1 aromatic heterocycles. The average molecular weight is 276 g/mol. The van der Waals surface area contributed by atoms with Gasteiger partial charge in [0.05, 0.1) is 0 Å². The molecule has 0 aromatic carbocycles. The molecule has 0 saturated heterocycles. The lowest BCUT2D eigenvalue weighted by atomic mass is 10.2. The number of hydrogen-bond acceptors (Lipinski definition) is 3. The SMILES string of the molecule is CCNC(=NCc1nnc2n1CCCCC2)NC1CC1. The molecular weight excluding hydrogens is 252 g/mol. The van der Waals surface area contributed by atoms with Crippen LogP contribution in [0.2, 0.25) is 0 Å². The van der Waals surface area contributed by atoms with E-state index in [4.69, 9.17) is 0 Å². The van der Waals surface area contributed by atoms with E-state index in [-0.39, 0.29) is 0 Å². The summed E-state index contributed by atoms with van der Waals surface area (Å²) in [6.45, 7) is 4.62. The number of aryl methyl sites for hydroxylation is 1. The maximum absolute atomic E-state index is 4.65. The van der Waals surface area contributed by atoms with Crippen molar-refractivity contribution >= 4 is 5.96 Å². The zero-order chi connectivity index (χ0) is 13.8.